The summed E-state index contributed by atoms with van der Waals surface area (Å²) in [6.45, 7) is 0. The van der Waals surface area contributed by atoms with Gasteiger partial charge in [-0.3, -0.25) is 4.79 Å². The van der Waals surface area contributed by atoms with Crippen LogP contribution in [0.15, 0.2) is 0 Å². The van der Waals surface area contributed by atoms with Crippen LogP contribution in [-0.4, -0.2) is 17.0 Å². The Balaban J connectivity index is 1.98. The molecule has 5 atom stereocenters. The molecule has 0 saturated heterocycles. The third-order valence-corrected chi connectivity index (χ3v) is 4.09. The molecule has 0 aliphatic heterocycles. The second kappa shape index (κ2) is 2.11. The Morgan fingerprint density at radius 2 is 2.00 bits per heavy atom. The van der Waals surface area contributed by atoms with Gasteiger partial charge in [0.25, 0.3) is 0 Å². The van der Waals surface area contributed by atoms with Crippen LogP contribution in [0.1, 0.15) is 25.7 Å². The predicted octanol–water partition coefficient (Wildman–Crippen LogP) is 0.982. The molecule has 0 aromatic rings. The van der Waals surface area contributed by atoms with Gasteiger partial charge in [-0.2, -0.15) is 0 Å². The molecular weight excluding hydrogens is 152 g/mol. The first-order valence-corrected chi connectivity index (χ1v) is 4.97. The Kier molecular flexibility index (Phi) is 1.24. The zero-order chi connectivity index (χ0) is 8.29. The molecule has 4 fully saturated rings. The monoisotopic (exact) mass is 166 g/mol. The molecule has 0 amide bonds. The topological polar surface area (TPSA) is 37.3 Å². The van der Waals surface area contributed by atoms with Gasteiger partial charge in [-0.05, 0) is 37.5 Å². The van der Waals surface area contributed by atoms with Crippen molar-refractivity contribution in [3.63, 3.8) is 0 Å². The van der Waals surface area contributed by atoms with Gasteiger partial charge in [0.15, 0.2) is 0 Å². The lowest BCUT2D eigenvalue weighted by atomic mass is 9.54. The molecule has 1 unspecified atom stereocenters. The average Bonchev–Trinajstić information content (AvgIpc) is 2.07. The molecule has 4 aliphatic rings. The minimum atomic E-state index is -0.287. The smallest absolute Gasteiger partial charge is 0.141 e. The van der Waals surface area contributed by atoms with Crippen LogP contribution < -0.4 is 0 Å². The van der Waals surface area contributed by atoms with Crippen LogP contribution in [-0.2, 0) is 4.79 Å². The molecule has 4 rings (SSSR count). The van der Waals surface area contributed by atoms with E-state index in [0.717, 1.165) is 25.2 Å². The molecule has 0 aromatic carbocycles. The van der Waals surface area contributed by atoms with Gasteiger partial charge in [0, 0.05) is 11.8 Å². The Morgan fingerprint density at radius 1 is 1.17 bits per heavy atom. The van der Waals surface area contributed by atoms with Gasteiger partial charge in [-0.1, -0.05) is 0 Å². The van der Waals surface area contributed by atoms with E-state index in [1.54, 1.807) is 0 Å². The number of aliphatic hydroxyl groups excluding tert-OH is 1. The number of aliphatic hydroxyl groups is 1. The van der Waals surface area contributed by atoms with E-state index >= 15 is 0 Å². The summed E-state index contributed by atoms with van der Waals surface area (Å²) in [5.74, 6) is 1.96. The highest BCUT2D eigenvalue weighted by Crippen LogP contribution is 2.51. The summed E-state index contributed by atoms with van der Waals surface area (Å²) in [7, 11) is 0. The van der Waals surface area contributed by atoms with Crippen LogP contribution in [0.4, 0.5) is 0 Å². The van der Waals surface area contributed by atoms with Crippen LogP contribution in [0.5, 0.6) is 0 Å². The fourth-order valence-corrected chi connectivity index (χ4v) is 3.60. The summed E-state index contributed by atoms with van der Waals surface area (Å²) in [6, 6.07) is 0. The maximum absolute atomic E-state index is 11.6. The molecule has 4 saturated carbocycles. The molecule has 1 N–H and O–H groups in total. The average molecular weight is 166 g/mol. The molecule has 0 spiro atoms. The second-order valence-electron chi connectivity index (χ2n) is 4.77. The Morgan fingerprint density at radius 3 is 2.83 bits per heavy atom. The molecule has 0 heterocycles. The van der Waals surface area contributed by atoms with Gasteiger partial charge >= 0.3 is 0 Å². The molecule has 4 bridgehead atoms. The lowest BCUT2D eigenvalue weighted by molar-refractivity contribution is -0.154. The number of hydrogen-bond acceptors (Lipinski definition) is 2. The first-order valence-electron chi connectivity index (χ1n) is 4.97. The van der Waals surface area contributed by atoms with Crippen molar-refractivity contribution in [1.82, 2.24) is 0 Å². The van der Waals surface area contributed by atoms with E-state index in [9.17, 15) is 9.90 Å². The van der Waals surface area contributed by atoms with E-state index < -0.39 is 0 Å². The van der Waals surface area contributed by atoms with Crippen molar-refractivity contribution in [1.29, 1.82) is 0 Å². The number of Topliss-reactive ketones (excluding diaryl/α,β-unsaturated/α-hetero) is 1. The maximum atomic E-state index is 11.6. The molecule has 66 valence electrons. The van der Waals surface area contributed by atoms with Crippen molar-refractivity contribution < 1.29 is 9.90 Å². The normalized spacial score (nSPS) is 56.4. The van der Waals surface area contributed by atoms with Crippen LogP contribution in [0.2, 0.25) is 0 Å². The van der Waals surface area contributed by atoms with Crippen molar-refractivity contribution in [2.24, 2.45) is 23.7 Å². The van der Waals surface area contributed by atoms with Gasteiger partial charge < -0.3 is 5.11 Å². The molecule has 2 nitrogen and oxygen atoms in total. The fraction of sp³-hybridized carbons (Fsp3) is 0.900. The van der Waals surface area contributed by atoms with Gasteiger partial charge in [0.05, 0.1) is 6.10 Å². The molecule has 0 aromatic heterocycles. The van der Waals surface area contributed by atoms with Gasteiger partial charge in [0.2, 0.25) is 0 Å². The lowest BCUT2D eigenvalue weighted by Crippen LogP contribution is -2.53. The first-order chi connectivity index (χ1) is 5.75. The Hall–Kier alpha value is -0.370. The SMILES string of the molecule is O=C1[C@@H]2C[C@H]3C[C@@H](C2)C(O)[C@@H]1C3. The van der Waals surface area contributed by atoms with Crippen LogP contribution in [0.3, 0.4) is 0 Å². The van der Waals surface area contributed by atoms with Crippen molar-refractivity contribution in [3.05, 3.63) is 0 Å². The molecular formula is C10H14O2. The standard InChI is InChI=1S/C10H14O2/c11-9-6-1-5-2-7(4-6)10(12)8(9)3-5/h5-9,11H,1-4H2/t5-,6+,7-,8+,9?/m1/s1. The van der Waals surface area contributed by atoms with Gasteiger partial charge in [-0.15, -0.1) is 0 Å². The largest absolute Gasteiger partial charge is 0.392 e. The molecule has 2 heteroatoms. The summed E-state index contributed by atoms with van der Waals surface area (Å²) in [5, 5.41) is 9.78. The second-order valence-corrected chi connectivity index (χ2v) is 4.77. The van der Waals surface area contributed by atoms with Crippen molar-refractivity contribution in [2.45, 2.75) is 31.8 Å². The summed E-state index contributed by atoms with van der Waals surface area (Å²) in [4.78, 5) is 11.6. The summed E-state index contributed by atoms with van der Waals surface area (Å²) >= 11 is 0. The molecule has 4 aliphatic carbocycles. The minimum Gasteiger partial charge on any atom is -0.392 e. The fourth-order valence-electron chi connectivity index (χ4n) is 3.60. The van der Waals surface area contributed by atoms with Crippen LogP contribution in [0, 0.1) is 23.7 Å². The molecule has 0 radical (unpaired) electrons. The number of carbonyl (C=O) groups excluding carboxylic acids is 1. The zero-order valence-corrected chi connectivity index (χ0v) is 7.07. The Bertz CT molecular complexity index is 236. The zero-order valence-electron chi connectivity index (χ0n) is 7.07. The third-order valence-electron chi connectivity index (χ3n) is 4.09. The highest BCUT2D eigenvalue weighted by atomic mass is 16.3. The number of rotatable bonds is 0. The quantitative estimate of drug-likeness (QED) is 0.582. The summed E-state index contributed by atoms with van der Waals surface area (Å²) < 4.78 is 0. The lowest BCUT2D eigenvalue weighted by Gasteiger charge is -2.51. The first kappa shape index (κ1) is 7.07. The minimum absolute atomic E-state index is 0.0289. The van der Waals surface area contributed by atoms with E-state index in [0.29, 0.717) is 17.6 Å². The van der Waals surface area contributed by atoms with E-state index in [-0.39, 0.29) is 12.0 Å². The third kappa shape index (κ3) is 0.717. The van der Waals surface area contributed by atoms with E-state index in [4.69, 9.17) is 0 Å². The molecule has 12 heavy (non-hydrogen) atoms. The van der Waals surface area contributed by atoms with E-state index in [1.165, 1.54) is 6.42 Å². The Labute approximate surface area is 72.0 Å². The van der Waals surface area contributed by atoms with E-state index in [2.05, 4.69) is 0 Å². The number of ketones is 1. The van der Waals surface area contributed by atoms with Crippen molar-refractivity contribution in [3.8, 4) is 0 Å². The van der Waals surface area contributed by atoms with Crippen LogP contribution >= 0.6 is 0 Å². The van der Waals surface area contributed by atoms with E-state index in [1.807, 2.05) is 0 Å². The van der Waals surface area contributed by atoms with Gasteiger partial charge in [-0.25, -0.2) is 0 Å². The highest BCUT2D eigenvalue weighted by Gasteiger charge is 2.52. The summed E-state index contributed by atoms with van der Waals surface area (Å²) in [6.07, 6.45) is 3.98. The maximum Gasteiger partial charge on any atom is 0.141 e. The van der Waals surface area contributed by atoms with Crippen LogP contribution in [0.25, 0.3) is 0 Å². The number of hydrogen-bond donors (Lipinski definition) is 1. The van der Waals surface area contributed by atoms with Crippen molar-refractivity contribution in [2.75, 3.05) is 0 Å². The predicted molar refractivity (Wildman–Crippen MR) is 43.4 cm³/mol. The highest BCUT2D eigenvalue weighted by molar-refractivity contribution is 5.86. The summed E-state index contributed by atoms with van der Waals surface area (Å²) in [5.41, 5.74) is 0. The van der Waals surface area contributed by atoms with Crippen molar-refractivity contribution >= 4 is 5.78 Å². The van der Waals surface area contributed by atoms with Gasteiger partial charge in [0.1, 0.15) is 5.78 Å². The number of carbonyl (C=O) groups is 1.